The fraction of sp³-hybridized carbons (Fsp3) is 0.353. The molecule has 0 aliphatic heterocycles. The molecule has 3 rings (SSSR count). The van der Waals surface area contributed by atoms with E-state index in [1.807, 2.05) is 12.1 Å². The highest BCUT2D eigenvalue weighted by molar-refractivity contribution is 7.15. The summed E-state index contributed by atoms with van der Waals surface area (Å²) < 4.78 is 1.15. The van der Waals surface area contributed by atoms with Crippen LogP contribution in [0.1, 0.15) is 37.6 Å². The van der Waals surface area contributed by atoms with Crippen molar-refractivity contribution in [3.05, 3.63) is 45.8 Å². The summed E-state index contributed by atoms with van der Waals surface area (Å²) in [6.07, 6.45) is 3.55. The van der Waals surface area contributed by atoms with Gasteiger partial charge in [-0.15, -0.1) is 10.2 Å². The first-order valence-corrected chi connectivity index (χ1v) is 9.02. The van der Waals surface area contributed by atoms with Crippen LogP contribution in [0.3, 0.4) is 0 Å². The molecule has 0 aliphatic rings. The highest BCUT2D eigenvalue weighted by atomic mass is 32.1. The number of nitrogens with zero attached hydrogens (tertiary/aromatic N) is 4. The van der Waals surface area contributed by atoms with Gasteiger partial charge >= 0.3 is 0 Å². The summed E-state index contributed by atoms with van der Waals surface area (Å²) in [5.74, 6) is 0.00468. The molecule has 0 fully saturated rings. The van der Waals surface area contributed by atoms with E-state index in [9.17, 15) is 9.59 Å². The fourth-order valence-electron chi connectivity index (χ4n) is 2.62. The van der Waals surface area contributed by atoms with Crippen LogP contribution < -0.4 is 10.9 Å². The van der Waals surface area contributed by atoms with Crippen LogP contribution in [0.5, 0.6) is 0 Å². The van der Waals surface area contributed by atoms with E-state index in [1.165, 1.54) is 11.3 Å². The number of carbonyl (C=O) groups is 1. The molecule has 0 spiro atoms. The van der Waals surface area contributed by atoms with Crippen molar-refractivity contribution in [1.29, 1.82) is 0 Å². The SMILES string of the molecule is CCC(CC)c1nnc(NC(=O)Cn2ncc3ccccc3c2=O)s1. The lowest BCUT2D eigenvalue weighted by molar-refractivity contribution is -0.117. The minimum atomic E-state index is -0.350. The molecule has 0 aliphatic carbocycles. The minimum Gasteiger partial charge on any atom is -0.299 e. The second-order valence-corrected chi connectivity index (χ2v) is 6.71. The molecule has 0 bridgehead atoms. The zero-order valence-electron chi connectivity index (χ0n) is 14.1. The number of hydrogen-bond donors (Lipinski definition) is 1. The summed E-state index contributed by atoms with van der Waals surface area (Å²) in [7, 11) is 0. The average Bonchev–Trinajstić information content (AvgIpc) is 3.07. The number of amides is 1. The predicted molar refractivity (Wildman–Crippen MR) is 97.9 cm³/mol. The molecule has 130 valence electrons. The lowest BCUT2D eigenvalue weighted by Crippen LogP contribution is -2.29. The molecule has 0 radical (unpaired) electrons. The molecular weight excluding hydrogens is 338 g/mol. The van der Waals surface area contributed by atoms with Crippen molar-refractivity contribution < 1.29 is 4.79 Å². The lowest BCUT2D eigenvalue weighted by Gasteiger charge is -2.06. The highest BCUT2D eigenvalue weighted by Crippen LogP contribution is 2.27. The Kier molecular flexibility index (Phi) is 5.18. The third-order valence-corrected chi connectivity index (χ3v) is 5.08. The van der Waals surface area contributed by atoms with E-state index in [-0.39, 0.29) is 18.0 Å². The van der Waals surface area contributed by atoms with Gasteiger partial charge in [0, 0.05) is 11.3 Å². The molecule has 7 nitrogen and oxygen atoms in total. The number of aromatic nitrogens is 4. The van der Waals surface area contributed by atoms with Crippen LogP contribution in [0.2, 0.25) is 0 Å². The van der Waals surface area contributed by atoms with Gasteiger partial charge in [0.05, 0.1) is 11.6 Å². The summed E-state index contributed by atoms with van der Waals surface area (Å²) in [6, 6.07) is 7.16. The third-order valence-electron chi connectivity index (χ3n) is 4.08. The molecule has 25 heavy (non-hydrogen) atoms. The topological polar surface area (TPSA) is 89.8 Å². The largest absolute Gasteiger partial charge is 0.299 e. The van der Waals surface area contributed by atoms with E-state index in [4.69, 9.17) is 0 Å². The van der Waals surface area contributed by atoms with Gasteiger partial charge < -0.3 is 0 Å². The van der Waals surface area contributed by atoms with Crippen molar-refractivity contribution in [3.63, 3.8) is 0 Å². The Labute approximate surface area is 148 Å². The molecule has 1 amide bonds. The van der Waals surface area contributed by atoms with Gasteiger partial charge in [0.1, 0.15) is 11.6 Å². The molecule has 1 N–H and O–H groups in total. The van der Waals surface area contributed by atoms with Crippen molar-refractivity contribution in [3.8, 4) is 0 Å². The maximum atomic E-state index is 12.4. The van der Waals surface area contributed by atoms with Gasteiger partial charge in [0.15, 0.2) is 0 Å². The molecule has 0 saturated carbocycles. The molecule has 0 atom stereocenters. The molecule has 0 saturated heterocycles. The molecule has 2 aromatic heterocycles. The standard InChI is InChI=1S/C17H19N5O2S/c1-3-11(4-2)15-20-21-17(25-15)19-14(23)10-22-16(24)13-8-6-5-7-12(13)9-18-22/h5-9,11H,3-4,10H2,1-2H3,(H,19,21,23). The van der Waals surface area contributed by atoms with Crippen molar-refractivity contribution in [2.45, 2.75) is 39.2 Å². The normalized spacial score (nSPS) is 11.2. The van der Waals surface area contributed by atoms with Crippen molar-refractivity contribution in [2.24, 2.45) is 0 Å². The van der Waals surface area contributed by atoms with Crippen LogP contribution in [0.15, 0.2) is 35.3 Å². The van der Waals surface area contributed by atoms with E-state index in [0.717, 1.165) is 27.9 Å². The van der Waals surface area contributed by atoms with Crippen molar-refractivity contribution >= 4 is 33.1 Å². The Morgan fingerprint density at radius 3 is 2.76 bits per heavy atom. The van der Waals surface area contributed by atoms with Crippen molar-refractivity contribution in [1.82, 2.24) is 20.0 Å². The first-order chi connectivity index (χ1) is 12.1. The zero-order valence-corrected chi connectivity index (χ0v) is 14.9. The minimum absolute atomic E-state index is 0.163. The molecule has 2 heterocycles. The third kappa shape index (κ3) is 3.74. The number of benzene rings is 1. The number of carbonyl (C=O) groups excluding carboxylic acids is 1. The Morgan fingerprint density at radius 1 is 1.24 bits per heavy atom. The quantitative estimate of drug-likeness (QED) is 0.733. The second kappa shape index (κ2) is 7.52. The van der Waals surface area contributed by atoms with E-state index in [1.54, 1.807) is 18.3 Å². The van der Waals surface area contributed by atoms with Gasteiger partial charge in [0.25, 0.3) is 5.56 Å². The van der Waals surface area contributed by atoms with E-state index in [2.05, 4.69) is 34.5 Å². The van der Waals surface area contributed by atoms with Crippen LogP contribution in [0.25, 0.3) is 10.8 Å². The van der Waals surface area contributed by atoms with Gasteiger partial charge in [-0.3, -0.25) is 14.9 Å². The Balaban J connectivity index is 1.73. The van der Waals surface area contributed by atoms with Crippen LogP contribution in [0.4, 0.5) is 5.13 Å². The Bertz CT molecular complexity index is 945. The molecular formula is C17H19N5O2S. The maximum absolute atomic E-state index is 12.4. The smallest absolute Gasteiger partial charge is 0.275 e. The maximum Gasteiger partial charge on any atom is 0.275 e. The van der Waals surface area contributed by atoms with E-state index >= 15 is 0 Å². The number of anilines is 1. The van der Waals surface area contributed by atoms with E-state index in [0.29, 0.717) is 16.4 Å². The van der Waals surface area contributed by atoms with Gasteiger partial charge in [0.2, 0.25) is 11.0 Å². The van der Waals surface area contributed by atoms with Crippen LogP contribution in [-0.4, -0.2) is 25.9 Å². The first-order valence-electron chi connectivity index (χ1n) is 8.20. The van der Waals surface area contributed by atoms with Gasteiger partial charge in [-0.2, -0.15) is 5.10 Å². The zero-order chi connectivity index (χ0) is 17.8. The summed E-state index contributed by atoms with van der Waals surface area (Å²) in [4.78, 5) is 24.6. The monoisotopic (exact) mass is 357 g/mol. The van der Waals surface area contributed by atoms with Crippen LogP contribution in [0, 0.1) is 0 Å². The Morgan fingerprint density at radius 2 is 2.00 bits per heavy atom. The second-order valence-electron chi connectivity index (χ2n) is 5.70. The molecule has 8 heteroatoms. The molecule has 1 aromatic carbocycles. The van der Waals surface area contributed by atoms with Gasteiger partial charge in [-0.1, -0.05) is 43.4 Å². The van der Waals surface area contributed by atoms with Crippen LogP contribution in [-0.2, 0) is 11.3 Å². The number of fused-ring (bicyclic) bond motifs is 1. The number of rotatable bonds is 6. The van der Waals surface area contributed by atoms with Gasteiger partial charge in [-0.25, -0.2) is 4.68 Å². The lowest BCUT2D eigenvalue weighted by atomic mass is 10.1. The summed E-state index contributed by atoms with van der Waals surface area (Å²) in [6.45, 7) is 4.04. The van der Waals surface area contributed by atoms with Crippen LogP contribution >= 0.6 is 11.3 Å². The van der Waals surface area contributed by atoms with Crippen molar-refractivity contribution in [2.75, 3.05) is 5.32 Å². The number of hydrogen-bond acceptors (Lipinski definition) is 6. The fourth-order valence-corrected chi connectivity index (χ4v) is 3.65. The molecule has 0 unspecified atom stereocenters. The predicted octanol–water partition coefficient (Wildman–Crippen LogP) is 2.79. The Hall–Kier alpha value is -2.61. The number of nitrogens with one attached hydrogen (secondary N) is 1. The first kappa shape index (κ1) is 17.2. The summed E-state index contributed by atoms with van der Waals surface area (Å²) >= 11 is 1.37. The average molecular weight is 357 g/mol. The summed E-state index contributed by atoms with van der Waals surface area (Å²) in [5, 5.41) is 17.6. The molecule has 3 aromatic rings. The van der Waals surface area contributed by atoms with E-state index < -0.39 is 0 Å². The summed E-state index contributed by atoms with van der Waals surface area (Å²) in [5.41, 5.74) is -0.289. The van der Waals surface area contributed by atoms with Gasteiger partial charge in [-0.05, 0) is 18.9 Å². The highest BCUT2D eigenvalue weighted by Gasteiger charge is 2.15.